The number of allylic oxidation sites excluding steroid dienone is 2. The lowest BCUT2D eigenvalue weighted by atomic mass is 9.85. The Hall–Kier alpha value is -1.37. The number of ketones is 1. The summed E-state index contributed by atoms with van der Waals surface area (Å²) in [7, 11) is 0. The molecule has 4 rings (SSSR count). The first-order chi connectivity index (χ1) is 14.9. The second kappa shape index (κ2) is 10.1. The molecule has 0 saturated carbocycles. The van der Waals surface area contributed by atoms with E-state index >= 15 is 0 Å². The Morgan fingerprint density at radius 3 is 2.45 bits per heavy atom. The first-order valence-electron chi connectivity index (χ1n) is 10.1. The molecule has 2 aliphatic rings. The molecule has 1 aliphatic carbocycles. The number of carbonyl (C=O) groups is 1. The van der Waals surface area contributed by atoms with Crippen LogP contribution in [0.15, 0.2) is 52.0 Å². The molecule has 2 aromatic carbocycles. The number of benzene rings is 2. The fraction of sp³-hybridized carbons (Fsp3) is 0.348. The van der Waals surface area contributed by atoms with Crippen molar-refractivity contribution in [3.63, 3.8) is 0 Å². The van der Waals surface area contributed by atoms with Crippen molar-refractivity contribution in [1.82, 2.24) is 0 Å². The number of ether oxygens (including phenoxy) is 1. The van der Waals surface area contributed by atoms with Gasteiger partial charge in [-0.15, -0.1) is 0 Å². The lowest BCUT2D eigenvalue weighted by molar-refractivity contribution is -0.115. The summed E-state index contributed by atoms with van der Waals surface area (Å²) >= 11 is 20.6. The molecule has 1 aliphatic heterocycles. The van der Waals surface area contributed by atoms with Crippen molar-refractivity contribution in [2.75, 3.05) is 18.5 Å². The molecule has 1 atom stereocenters. The number of rotatable bonds is 5. The minimum absolute atomic E-state index is 0.0427. The fourth-order valence-corrected chi connectivity index (χ4v) is 5.87. The Kier molecular flexibility index (Phi) is 7.40. The van der Waals surface area contributed by atoms with Crippen molar-refractivity contribution in [3.8, 4) is 0 Å². The van der Waals surface area contributed by atoms with Gasteiger partial charge in [0.05, 0.1) is 20.6 Å². The summed E-state index contributed by atoms with van der Waals surface area (Å²) in [6, 6.07) is 11.2. The zero-order chi connectivity index (χ0) is 22.0. The summed E-state index contributed by atoms with van der Waals surface area (Å²) in [5.74, 6) is -0.394. The zero-order valence-electron chi connectivity index (χ0n) is 16.7. The number of Topliss-reactive ketones (excluding diaryl/α,β-unsaturated/α-hetero) is 1. The van der Waals surface area contributed by atoms with E-state index in [4.69, 9.17) is 39.5 Å². The number of halogens is 3. The minimum atomic E-state index is -0.292. The molecular formula is C23H22Cl3NO3S. The van der Waals surface area contributed by atoms with E-state index in [0.29, 0.717) is 32.0 Å². The van der Waals surface area contributed by atoms with E-state index in [1.807, 2.05) is 24.3 Å². The molecule has 1 heterocycles. The average Bonchev–Trinajstić information content (AvgIpc) is 2.75. The van der Waals surface area contributed by atoms with Gasteiger partial charge in [0.2, 0.25) is 0 Å². The van der Waals surface area contributed by atoms with E-state index in [2.05, 4.69) is 5.32 Å². The fourth-order valence-electron chi connectivity index (χ4n) is 3.95. The number of nitrogens with one attached hydrogen (secondary N) is 1. The van der Waals surface area contributed by atoms with Crippen molar-refractivity contribution in [1.29, 1.82) is 0 Å². The second-order valence-electron chi connectivity index (χ2n) is 7.69. The molecule has 1 fully saturated rings. The molecule has 164 valence electrons. The van der Waals surface area contributed by atoms with Gasteiger partial charge in [0, 0.05) is 47.9 Å². The maximum absolute atomic E-state index is 12.9. The van der Waals surface area contributed by atoms with E-state index in [1.165, 1.54) is 11.8 Å². The topological polar surface area (TPSA) is 58.6 Å². The minimum Gasteiger partial charge on any atom is -0.511 e. The molecule has 1 saturated heterocycles. The van der Waals surface area contributed by atoms with Crippen LogP contribution in [0.4, 0.5) is 5.69 Å². The van der Waals surface area contributed by atoms with E-state index in [9.17, 15) is 9.90 Å². The van der Waals surface area contributed by atoms with E-state index in [0.717, 1.165) is 36.6 Å². The number of carbonyl (C=O) groups excluding carboxylic acids is 1. The number of thioether (sulfide) groups is 1. The standard InChI is InChI=1S/C23H22Cl3NO3S/c24-15-3-1-2-4-20(15)31-23-18(28)11-13(12-19(23)29)21-16(25)5-6-17(22(21)26)27-14-7-9-30-10-8-14/h1-6,13-14,27-28H,7-12H2. The normalized spacial score (nSPS) is 20.2. The average molecular weight is 499 g/mol. The molecule has 0 bridgehead atoms. The number of aliphatic hydroxyl groups excluding tert-OH is 1. The van der Waals surface area contributed by atoms with Crippen LogP contribution < -0.4 is 5.32 Å². The number of anilines is 1. The van der Waals surface area contributed by atoms with E-state index < -0.39 is 0 Å². The van der Waals surface area contributed by atoms with E-state index in [-0.39, 0.29) is 29.9 Å². The lowest BCUT2D eigenvalue weighted by Crippen LogP contribution is -2.28. The van der Waals surface area contributed by atoms with Crippen LogP contribution >= 0.6 is 46.6 Å². The highest BCUT2D eigenvalue weighted by atomic mass is 35.5. The van der Waals surface area contributed by atoms with Gasteiger partial charge in [0.1, 0.15) is 5.76 Å². The van der Waals surface area contributed by atoms with Crippen molar-refractivity contribution in [3.05, 3.63) is 67.7 Å². The molecular weight excluding hydrogens is 477 g/mol. The van der Waals surface area contributed by atoms with Crippen molar-refractivity contribution < 1.29 is 14.6 Å². The van der Waals surface area contributed by atoms with Gasteiger partial charge in [-0.2, -0.15) is 0 Å². The molecule has 4 nitrogen and oxygen atoms in total. The predicted octanol–water partition coefficient (Wildman–Crippen LogP) is 7.25. The van der Waals surface area contributed by atoms with Gasteiger partial charge in [0.25, 0.3) is 0 Å². The van der Waals surface area contributed by atoms with Crippen molar-refractivity contribution in [2.24, 2.45) is 0 Å². The summed E-state index contributed by atoms with van der Waals surface area (Å²) in [5, 5.41) is 15.7. The maximum atomic E-state index is 12.9. The third kappa shape index (κ3) is 5.18. The SMILES string of the molecule is O=C1CC(c2c(Cl)ccc(NC3CCOCC3)c2Cl)CC(O)=C1Sc1ccccc1Cl. The lowest BCUT2D eigenvalue weighted by Gasteiger charge is -2.28. The summed E-state index contributed by atoms with van der Waals surface area (Å²) in [6.45, 7) is 1.44. The van der Waals surface area contributed by atoms with Gasteiger partial charge >= 0.3 is 0 Å². The van der Waals surface area contributed by atoms with Crippen LogP contribution in [-0.4, -0.2) is 30.1 Å². The van der Waals surface area contributed by atoms with Crippen LogP contribution in [0.1, 0.15) is 37.2 Å². The molecule has 0 spiro atoms. The third-order valence-corrected chi connectivity index (χ3v) is 7.97. The Morgan fingerprint density at radius 1 is 1.00 bits per heavy atom. The van der Waals surface area contributed by atoms with Gasteiger partial charge < -0.3 is 15.2 Å². The summed E-state index contributed by atoms with van der Waals surface area (Å²) in [4.78, 5) is 14.0. The number of hydrogen-bond donors (Lipinski definition) is 2. The van der Waals surface area contributed by atoms with Crippen LogP contribution in [0.2, 0.25) is 15.1 Å². The van der Waals surface area contributed by atoms with Gasteiger partial charge in [-0.05, 0) is 42.7 Å². The molecule has 0 amide bonds. The number of aliphatic hydroxyl groups is 1. The first kappa shape index (κ1) is 22.8. The Bertz CT molecular complexity index is 1020. The van der Waals surface area contributed by atoms with Gasteiger partial charge in [0.15, 0.2) is 5.78 Å². The van der Waals surface area contributed by atoms with Crippen LogP contribution in [-0.2, 0) is 9.53 Å². The van der Waals surface area contributed by atoms with Crippen LogP contribution in [0.25, 0.3) is 0 Å². The molecule has 0 radical (unpaired) electrons. The quantitative estimate of drug-likeness (QED) is 0.455. The smallest absolute Gasteiger partial charge is 0.173 e. The van der Waals surface area contributed by atoms with Crippen molar-refractivity contribution in [2.45, 2.75) is 42.5 Å². The largest absolute Gasteiger partial charge is 0.511 e. The highest BCUT2D eigenvalue weighted by molar-refractivity contribution is 8.04. The van der Waals surface area contributed by atoms with E-state index in [1.54, 1.807) is 12.1 Å². The monoisotopic (exact) mass is 497 g/mol. The third-order valence-electron chi connectivity index (χ3n) is 5.55. The molecule has 0 aromatic heterocycles. The summed E-state index contributed by atoms with van der Waals surface area (Å²) in [6.07, 6.45) is 2.32. The first-order valence-corrected chi connectivity index (χ1v) is 12.1. The van der Waals surface area contributed by atoms with Crippen molar-refractivity contribution >= 4 is 58.0 Å². The van der Waals surface area contributed by atoms with Crippen LogP contribution in [0.5, 0.6) is 0 Å². The molecule has 2 N–H and O–H groups in total. The van der Waals surface area contributed by atoms with Crippen LogP contribution in [0, 0.1) is 0 Å². The summed E-state index contributed by atoms with van der Waals surface area (Å²) < 4.78 is 5.41. The Balaban J connectivity index is 1.58. The Morgan fingerprint density at radius 2 is 1.74 bits per heavy atom. The zero-order valence-corrected chi connectivity index (χ0v) is 19.8. The highest BCUT2D eigenvalue weighted by Crippen LogP contribution is 2.46. The van der Waals surface area contributed by atoms with Crippen LogP contribution in [0.3, 0.4) is 0 Å². The Labute approximate surface area is 200 Å². The summed E-state index contributed by atoms with van der Waals surface area (Å²) in [5.41, 5.74) is 1.49. The molecule has 2 aromatic rings. The predicted molar refractivity (Wildman–Crippen MR) is 128 cm³/mol. The van der Waals surface area contributed by atoms with Gasteiger partial charge in [-0.1, -0.05) is 58.7 Å². The highest BCUT2D eigenvalue weighted by Gasteiger charge is 2.32. The van der Waals surface area contributed by atoms with Gasteiger partial charge in [-0.3, -0.25) is 4.79 Å². The second-order valence-corrected chi connectivity index (χ2v) is 9.93. The molecule has 31 heavy (non-hydrogen) atoms. The molecule has 8 heteroatoms. The van der Waals surface area contributed by atoms with Gasteiger partial charge in [-0.25, -0.2) is 0 Å². The molecule has 1 unspecified atom stereocenters. The maximum Gasteiger partial charge on any atom is 0.173 e. The number of hydrogen-bond acceptors (Lipinski definition) is 5.